The molecule has 2 aromatic carbocycles. The van der Waals surface area contributed by atoms with Crippen molar-refractivity contribution in [2.75, 3.05) is 24.5 Å². The first kappa shape index (κ1) is 16.9. The molecule has 0 saturated heterocycles. The Hall–Kier alpha value is -2.93. The van der Waals surface area contributed by atoms with Crippen LogP contribution in [-0.2, 0) is 4.79 Å². The third-order valence-electron chi connectivity index (χ3n) is 3.47. The number of carbonyl (C=O) groups is 2. The fourth-order valence-electron chi connectivity index (χ4n) is 2.36. The van der Waals surface area contributed by atoms with Gasteiger partial charge in [0.1, 0.15) is 5.75 Å². The van der Waals surface area contributed by atoms with E-state index >= 15 is 0 Å². The standard InChI is InChI=1S/C17H15ClN2O5/c1-9(21)19-13-7-15(23-2)11(6-12(13)18)17(22)20-10-3-4-14-16(5-10)25-8-24-14/h3-7H,8H2,1-2H3,(H,19,21)(H,20,22). The van der Waals surface area contributed by atoms with E-state index in [-0.39, 0.29) is 29.0 Å². The molecule has 0 fully saturated rings. The van der Waals surface area contributed by atoms with Gasteiger partial charge in [0, 0.05) is 24.7 Å². The van der Waals surface area contributed by atoms with Gasteiger partial charge in [-0.05, 0) is 18.2 Å². The topological polar surface area (TPSA) is 85.9 Å². The summed E-state index contributed by atoms with van der Waals surface area (Å²) in [5, 5.41) is 5.56. The summed E-state index contributed by atoms with van der Waals surface area (Å²) in [7, 11) is 1.43. The molecule has 8 heteroatoms. The highest BCUT2D eigenvalue weighted by Crippen LogP contribution is 2.35. The summed E-state index contributed by atoms with van der Waals surface area (Å²) in [4.78, 5) is 23.8. The molecule has 1 aliphatic rings. The van der Waals surface area contributed by atoms with Gasteiger partial charge >= 0.3 is 0 Å². The molecule has 130 valence electrons. The molecular formula is C17H15ClN2O5. The van der Waals surface area contributed by atoms with E-state index in [1.165, 1.54) is 26.2 Å². The van der Waals surface area contributed by atoms with Gasteiger partial charge in [0.2, 0.25) is 12.7 Å². The molecule has 2 aromatic rings. The monoisotopic (exact) mass is 362 g/mol. The second-order valence-corrected chi connectivity index (χ2v) is 5.64. The van der Waals surface area contributed by atoms with Crippen LogP contribution < -0.4 is 24.8 Å². The summed E-state index contributed by atoms with van der Waals surface area (Å²) in [6, 6.07) is 8.01. The minimum Gasteiger partial charge on any atom is -0.496 e. The van der Waals surface area contributed by atoms with Gasteiger partial charge in [-0.3, -0.25) is 9.59 Å². The summed E-state index contributed by atoms with van der Waals surface area (Å²) >= 11 is 6.14. The predicted octanol–water partition coefficient (Wildman–Crippen LogP) is 3.29. The van der Waals surface area contributed by atoms with Gasteiger partial charge in [0.05, 0.1) is 23.4 Å². The molecule has 0 unspecified atom stereocenters. The fraction of sp³-hybridized carbons (Fsp3) is 0.176. The summed E-state index contributed by atoms with van der Waals surface area (Å²) < 4.78 is 15.8. The van der Waals surface area contributed by atoms with Crippen LogP contribution in [0.5, 0.6) is 17.2 Å². The molecule has 0 bridgehead atoms. The number of benzene rings is 2. The number of rotatable bonds is 4. The molecule has 1 heterocycles. The van der Waals surface area contributed by atoms with Crippen LogP contribution >= 0.6 is 11.6 Å². The van der Waals surface area contributed by atoms with Crippen molar-refractivity contribution in [1.82, 2.24) is 0 Å². The maximum atomic E-state index is 12.6. The molecule has 1 aliphatic heterocycles. The van der Waals surface area contributed by atoms with Crippen molar-refractivity contribution in [1.29, 1.82) is 0 Å². The Bertz CT molecular complexity index is 853. The van der Waals surface area contributed by atoms with Crippen LogP contribution in [0.1, 0.15) is 17.3 Å². The normalized spacial score (nSPS) is 11.8. The molecule has 0 aliphatic carbocycles. The van der Waals surface area contributed by atoms with E-state index in [4.69, 9.17) is 25.8 Å². The number of halogens is 1. The van der Waals surface area contributed by atoms with Gasteiger partial charge in [-0.25, -0.2) is 0 Å². The van der Waals surface area contributed by atoms with E-state index in [0.29, 0.717) is 22.9 Å². The Labute approximate surface area is 148 Å². The molecule has 3 rings (SSSR count). The van der Waals surface area contributed by atoms with Crippen molar-refractivity contribution in [2.24, 2.45) is 0 Å². The lowest BCUT2D eigenvalue weighted by Crippen LogP contribution is -2.14. The van der Waals surface area contributed by atoms with Crippen molar-refractivity contribution >= 4 is 34.8 Å². The highest BCUT2D eigenvalue weighted by molar-refractivity contribution is 6.34. The first-order chi connectivity index (χ1) is 12.0. The van der Waals surface area contributed by atoms with Crippen LogP contribution in [0.25, 0.3) is 0 Å². The highest BCUT2D eigenvalue weighted by atomic mass is 35.5. The molecule has 2 amide bonds. The van der Waals surface area contributed by atoms with Crippen LogP contribution in [0.3, 0.4) is 0 Å². The molecule has 0 radical (unpaired) electrons. The molecule has 0 atom stereocenters. The summed E-state index contributed by atoms with van der Waals surface area (Å²) in [6.45, 7) is 1.52. The van der Waals surface area contributed by atoms with Gasteiger partial charge in [0.15, 0.2) is 11.5 Å². The SMILES string of the molecule is COc1cc(NC(C)=O)c(Cl)cc1C(=O)Nc1ccc2c(c1)OCO2. The van der Waals surface area contributed by atoms with Gasteiger partial charge in [0.25, 0.3) is 5.91 Å². The lowest BCUT2D eigenvalue weighted by molar-refractivity contribution is -0.114. The van der Waals surface area contributed by atoms with E-state index in [9.17, 15) is 9.59 Å². The zero-order valence-corrected chi connectivity index (χ0v) is 14.3. The number of amides is 2. The van der Waals surface area contributed by atoms with E-state index in [2.05, 4.69) is 10.6 Å². The Morgan fingerprint density at radius 1 is 1.12 bits per heavy atom. The first-order valence-electron chi connectivity index (χ1n) is 7.34. The number of fused-ring (bicyclic) bond motifs is 1. The molecule has 0 spiro atoms. The second kappa shape index (κ2) is 6.90. The minimum atomic E-state index is -0.410. The number of methoxy groups -OCH3 is 1. The Kier molecular flexibility index (Phi) is 4.67. The average Bonchev–Trinajstić information content (AvgIpc) is 3.03. The second-order valence-electron chi connectivity index (χ2n) is 5.24. The molecule has 0 saturated carbocycles. The first-order valence-corrected chi connectivity index (χ1v) is 7.72. The lowest BCUT2D eigenvalue weighted by Gasteiger charge is -2.13. The number of hydrogen-bond acceptors (Lipinski definition) is 5. The third kappa shape index (κ3) is 3.61. The van der Waals surface area contributed by atoms with Crippen molar-refractivity contribution < 1.29 is 23.8 Å². The number of hydrogen-bond donors (Lipinski definition) is 2. The van der Waals surface area contributed by atoms with Gasteiger partial charge in [-0.15, -0.1) is 0 Å². The van der Waals surface area contributed by atoms with E-state index in [0.717, 1.165) is 0 Å². The van der Waals surface area contributed by atoms with Crippen LogP contribution in [-0.4, -0.2) is 25.7 Å². The molecular weight excluding hydrogens is 348 g/mol. The quantitative estimate of drug-likeness (QED) is 0.871. The van der Waals surface area contributed by atoms with Crippen molar-refractivity contribution in [3.05, 3.63) is 40.9 Å². The molecule has 0 aromatic heterocycles. The molecule has 2 N–H and O–H groups in total. The molecule has 7 nitrogen and oxygen atoms in total. The minimum absolute atomic E-state index is 0.154. The van der Waals surface area contributed by atoms with Gasteiger partial charge < -0.3 is 24.8 Å². The Morgan fingerprint density at radius 3 is 2.60 bits per heavy atom. The largest absolute Gasteiger partial charge is 0.496 e. The van der Waals surface area contributed by atoms with Crippen molar-refractivity contribution in [3.63, 3.8) is 0 Å². The van der Waals surface area contributed by atoms with Gasteiger partial charge in [-0.2, -0.15) is 0 Å². The number of nitrogens with one attached hydrogen (secondary N) is 2. The third-order valence-corrected chi connectivity index (χ3v) is 3.79. The van der Waals surface area contributed by atoms with Crippen molar-refractivity contribution in [2.45, 2.75) is 6.92 Å². The van der Waals surface area contributed by atoms with Crippen molar-refractivity contribution in [3.8, 4) is 17.2 Å². The molecule has 25 heavy (non-hydrogen) atoms. The van der Waals surface area contributed by atoms with E-state index in [1.54, 1.807) is 18.2 Å². The maximum Gasteiger partial charge on any atom is 0.259 e. The highest BCUT2D eigenvalue weighted by Gasteiger charge is 2.18. The summed E-state index contributed by atoms with van der Waals surface area (Å²) in [5.41, 5.74) is 1.14. The number of anilines is 2. The number of carbonyl (C=O) groups excluding carboxylic acids is 2. The zero-order chi connectivity index (χ0) is 18.0. The van der Waals surface area contributed by atoms with E-state index in [1.807, 2.05) is 0 Å². The van der Waals surface area contributed by atoms with E-state index < -0.39 is 5.91 Å². The smallest absolute Gasteiger partial charge is 0.259 e. The summed E-state index contributed by atoms with van der Waals surface area (Å²) in [5.74, 6) is 0.780. The van der Waals surface area contributed by atoms with Crippen LogP contribution in [0.15, 0.2) is 30.3 Å². The predicted molar refractivity (Wildman–Crippen MR) is 92.8 cm³/mol. The zero-order valence-electron chi connectivity index (χ0n) is 13.5. The fourth-order valence-corrected chi connectivity index (χ4v) is 2.57. The number of ether oxygens (including phenoxy) is 3. The average molecular weight is 363 g/mol. The maximum absolute atomic E-state index is 12.6. The Balaban J connectivity index is 1.86. The Morgan fingerprint density at radius 2 is 1.88 bits per heavy atom. The lowest BCUT2D eigenvalue weighted by atomic mass is 10.1. The van der Waals surface area contributed by atoms with Crippen LogP contribution in [0, 0.1) is 0 Å². The summed E-state index contributed by atoms with van der Waals surface area (Å²) in [6.07, 6.45) is 0. The van der Waals surface area contributed by atoms with Crippen LogP contribution in [0.4, 0.5) is 11.4 Å². The van der Waals surface area contributed by atoms with Crippen LogP contribution in [0.2, 0.25) is 5.02 Å². The van der Waals surface area contributed by atoms with Gasteiger partial charge in [-0.1, -0.05) is 11.6 Å².